The minimum absolute atomic E-state index is 0.0603. The largest absolute Gasteiger partial charge is 0.497 e. The van der Waals surface area contributed by atoms with Crippen molar-refractivity contribution in [1.29, 1.82) is 0 Å². The summed E-state index contributed by atoms with van der Waals surface area (Å²) in [4.78, 5) is 13.6. The van der Waals surface area contributed by atoms with Gasteiger partial charge in [0.05, 0.1) is 39.0 Å². The van der Waals surface area contributed by atoms with E-state index in [1.54, 1.807) is 29.6 Å². The highest BCUT2D eigenvalue weighted by Crippen LogP contribution is 2.49. The van der Waals surface area contributed by atoms with Gasteiger partial charge < -0.3 is 24.3 Å². The van der Waals surface area contributed by atoms with Gasteiger partial charge in [-0.2, -0.15) is 0 Å². The molecule has 4 rings (SSSR count). The molecule has 0 spiro atoms. The summed E-state index contributed by atoms with van der Waals surface area (Å²) in [5.41, 5.74) is 1.01. The van der Waals surface area contributed by atoms with Crippen LogP contribution in [-0.2, 0) is 14.6 Å². The summed E-state index contributed by atoms with van der Waals surface area (Å²) in [5.74, 6) is 1.36. The normalized spacial score (nSPS) is 15.4. The first kappa shape index (κ1) is 22.9. The maximum absolute atomic E-state index is 13.4. The Kier molecular flexibility index (Phi) is 6.22. The van der Waals surface area contributed by atoms with E-state index in [2.05, 4.69) is 5.32 Å². The van der Waals surface area contributed by atoms with Gasteiger partial charge in [-0.25, -0.2) is 8.42 Å². The lowest BCUT2D eigenvalue weighted by Gasteiger charge is -2.26. The van der Waals surface area contributed by atoms with E-state index >= 15 is 0 Å². The molecule has 1 amide bonds. The van der Waals surface area contributed by atoms with Crippen LogP contribution in [0.5, 0.6) is 23.0 Å². The average molecular weight is 490 g/mol. The fourth-order valence-electron chi connectivity index (χ4n) is 3.86. The molecule has 2 heterocycles. The first-order valence-electron chi connectivity index (χ1n) is 9.94. The number of fused-ring (bicyclic) bond motifs is 1. The fraction of sp³-hybridized carbons (Fsp3) is 0.261. The SMILES string of the molecule is COc1ccc(S(=O)(=O)c2csc3c2NC(=O)CC3c2cc(OC)c(OC)cc2OC)cc1. The number of carbonyl (C=O) groups excluding carboxylic acids is 1. The minimum atomic E-state index is -3.87. The van der Waals surface area contributed by atoms with Crippen molar-refractivity contribution in [3.63, 3.8) is 0 Å². The number of nitrogens with one attached hydrogen (secondary N) is 1. The number of carbonyl (C=O) groups is 1. The lowest BCUT2D eigenvalue weighted by molar-refractivity contribution is -0.116. The molecular formula is C23H23NO7S2. The Labute approximate surface area is 196 Å². The molecule has 0 aliphatic carbocycles. The molecule has 1 aromatic heterocycles. The molecule has 1 aliphatic rings. The van der Waals surface area contributed by atoms with Gasteiger partial charge >= 0.3 is 0 Å². The van der Waals surface area contributed by atoms with E-state index < -0.39 is 15.8 Å². The van der Waals surface area contributed by atoms with Crippen molar-refractivity contribution < 1.29 is 32.2 Å². The van der Waals surface area contributed by atoms with Gasteiger partial charge in [0, 0.05) is 34.2 Å². The van der Waals surface area contributed by atoms with E-state index in [-0.39, 0.29) is 22.1 Å². The number of hydrogen-bond acceptors (Lipinski definition) is 8. The van der Waals surface area contributed by atoms with Gasteiger partial charge in [0.15, 0.2) is 11.5 Å². The van der Waals surface area contributed by atoms with Crippen LogP contribution in [0.2, 0.25) is 0 Å². The van der Waals surface area contributed by atoms with Gasteiger partial charge in [0.1, 0.15) is 16.4 Å². The summed E-state index contributed by atoms with van der Waals surface area (Å²) in [6, 6.07) is 9.60. The van der Waals surface area contributed by atoms with E-state index in [0.717, 1.165) is 4.88 Å². The molecule has 1 N–H and O–H groups in total. The summed E-state index contributed by atoms with van der Waals surface area (Å²) >= 11 is 1.28. The molecule has 2 aromatic carbocycles. The molecule has 0 bridgehead atoms. The summed E-state index contributed by atoms with van der Waals surface area (Å²) in [5, 5.41) is 4.33. The van der Waals surface area contributed by atoms with Gasteiger partial charge in [-0.1, -0.05) is 0 Å². The molecule has 0 radical (unpaired) electrons. The van der Waals surface area contributed by atoms with Gasteiger partial charge in [-0.15, -0.1) is 11.3 Å². The van der Waals surface area contributed by atoms with E-state index in [0.29, 0.717) is 34.2 Å². The Morgan fingerprint density at radius 1 is 0.909 bits per heavy atom. The standard InChI is InChI=1S/C23H23NO7S2/c1-28-13-5-7-14(8-6-13)33(26,27)20-12-32-23-16(10-21(25)24-22(20)23)15-9-18(30-3)19(31-4)11-17(15)29-2/h5-9,11-12,16H,10H2,1-4H3,(H,24,25). The third-order valence-corrected chi connectivity index (χ3v) is 8.57. The minimum Gasteiger partial charge on any atom is -0.497 e. The zero-order valence-electron chi connectivity index (χ0n) is 18.5. The number of ether oxygens (including phenoxy) is 4. The molecule has 1 atom stereocenters. The number of benzene rings is 2. The van der Waals surface area contributed by atoms with Crippen molar-refractivity contribution in [2.45, 2.75) is 22.1 Å². The molecule has 0 saturated heterocycles. The van der Waals surface area contributed by atoms with Crippen molar-refractivity contribution in [2.24, 2.45) is 0 Å². The molecule has 10 heteroatoms. The lowest BCUT2D eigenvalue weighted by Crippen LogP contribution is -2.23. The summed E-state index contributed by atoms with van der Waals surface area (Å²) in [6.45, 7) is 0. The predicted molar refractivity (Wildman–Crippen MR) is 124 cm³/mol. The van der Waals surface area contributed by atoms with Crippen LogP contribution in [-0.4, -0.2) is 42.8 Å². The van der Waals surface area contributed by atoms with Crippen LogP contribution in [0.1, 0.15) is 22.8 Å². The third kappa shape index (κ3) is 4.00. The second-order valence-electron chi connectivity index (χ2n) is 7.27. The van der Waals surface area contributed by atoms with Crippen LogP contribution in [0.4, 0.5) is 5.69 Å². The highest BCUT2D eigenvalue weighted by molar-refractivity contribution is 7.91. The molecule has 33 heavy (non-hydrogen) atoms. The van der Waals surface area contributed by atoms with Crippen molar-refractivity contribution in [2.75, 3.05) is 33.8 Å². The second kappa shape index (κ2) is 8.95. The van der Waals surface area contributed by atoms with Gasteiger partial charge in [-0.05, 0) is 30.3 Å². The molecular weight excluding hydrogens is 466 g/mol. The van der Waals surface area contributed by atoms with Crippen molar-refractivity contribution in [1.82, 2.24) is 0 Å². The molecule has 3 aromatic rings. The first-order chi connectivity index (χ1) is 15.8. The number of rotatable bonds is 7. The van der Waals surface area contributed by atoms with Gasteiger partial charge in [-0.3, -0.25) is 4.79 Å². The summed E-state index contributed by atoms with van der Waals surface area (Å²) in [6.07, 6.45) is 0.140. The summed E-state index contributed by atoms with van der Waals surface area (Å²) in [7, 11) is 2.23. The Morgan fingerprint density at radius 3 is 2.15 bits per heavy atom. The Morgan fingerprint density at radius 2 is 1.55 bits per heavy atom. The molecule has 0 fully saturated rings. The highest BCUT2D eigenvalue weighted by Gasteiger charge is 2.36. The Bertz CT molecular complexity index is 1300. The topological polar surface area (TPSA) is 100 Å². The van der Waals surface area contributed by atoms with Crippen LogP contribution in [0.15, 0.2) is 51.6 Å². The number of methoxy groups -OCH3 is 4. The van der Waals surface area contributed by atoms with Crippen molar-refractivity contribution >= 4 is 32.8 Å². The molecule has 1 aliphatic heterocycles. The van der Waals surface area contributed by atoms with Crippen molar-refractivity contribution in [3.05, 3.63) is 52.2 Å². The smallest absolute Gasteiger partial charge is 0.225 e. The maximum atomic E-state index is 13.4. The molecule has 0 saturated carbocycles. The summed E-state index contributed by atoms with van der Waals surface area (Å²) < 4.78 is 48.2. The number of thiophene rings is 1. The monoisotopic (exact) mass is 489 g/mol. The van der Waals surface area contributed by atoms with Crippen LogP contribution >= 0.6 is 11.3 Å². The Hall–Kier alpha value is -3.24. The van der Waals surface area contributed by atoms with Crippen LogP contribution in [0.25, 0.3) is 0 Å². The van der Waals surface area contributed by atoms with Crippen LogP contribution in [0.3, 0.4) is 0 Å². The molecule has 174 valence electrons. The molecule has 1 unspecified atom stereocenters. The first-order valence-corrected chi connectivity index (χ1v) is 12.3. The average Bonchev–Trinajstić information content (AvgIpc) is 3.27. The molecule has 8 nitrogen and oxygen atoms in total. The van der Waals surface area contributed by atoms with Gasteiger partial charge in [0.25, 0.3) is 0 Å². The maximum Gasteiger partial charge on any atom is 0.225 e. The number of hydrogen-bond donors (Lipinski definition) is 1. The lowest BCUT2D eigenvalue weighted by atomic mass is 9.89. The van der Waals surface area contributed by atoms with Crippen LogP contribution < -0.4 is 24.3 Å². The van der Waals surface area contributed by atoms with E-state index in [4.69, 9.17) is 18.9 Å². The van der Waals surface area contributed by atoms with E-state index in [1.165, 1.54) is 51.9 Å². The number of amides is 1. The predicted octanol–water partition coefficient (Wildman–Crippen LogP) is 4.09. The quantitative estimate of drug-likeness (QED) is 0.534. The van der Waals surface area contributed by atoms with Gasteiger partial charge in [0.2, 0.25) is 15.7 Å². The number of sulfone groups is 1. The fourth-order valence-corrected chi connectivity index (χ4v) is 6.76. The van der Waals surface area contributed by atoms with E-state index in [9.17, 15) is 13.2 Å². The highest BCUT2D eigenvalue weighted by atomic mass is 32.2. The van der Waals surface area contributed by atoms with E-state index in [1.807, 2.05) is 0 Å². The zero-order valence-corrected chi connectivity index (χ0v) is 20.1. The Balaban J connectivity index is 1.83. The number of anilines is 1. The second-order valence-corrected chi connectivity index (χ2v) is 10.1. The third-order valence-electron chi connectivity index (χ3n) is 5.53. The van der Waals surface area contributed by atoms with Crippen LogP contribution in [0, 0.1) is 0 Å². The zero-order chi connectivity index (χ0) is 23.8. The van der Waals surface area contributed by atoms with Crippen molar-refractivity contribution in [3.8, 4) is 23.0 Å².